The van der Waals surface area contributed by atoms with Gasteiger partial charge in [0.2, 0.25) is 0 Å². The summed E-state index contributed by atoms with van der Waals surface area (Å²) in [6, 6.07) is 1.68. The number of fused-ring (bicyclic) bond motifs is 14. The number of anilines is 1. The molecule has 9 atom stereocenters. The molecule has 5 heterocycles. The molecule has 1 fully saturated rings. The third-order valence-corrected chi connectivity index (χ3v) is 12.9. The number of amides is 1. The van der Waals surface area contributed by atoms with Crippen LogP contribution in [0.15, 0.2) is 51.8 Å². The Morgan fingerprint density at radius 2 is 1.68 bits per heavy atom. The number of carbonyl (C=O) groups excluding carboxylic acids is 3. The van der Waals surface area contributed by atoms with Crippen LogP contribution in [0, 0.1) is 30.6 Å². The molecule has 7 rings (SSSR count). The van der Waals surface area contributed by atoms with Gasteiger partial charge in [0, 0.05) is 93.4 Å². The first-order chi connectivity index (χ1) is 31.2. The fourth-order valence-corrected chi connectivity index (χ4v) is 8.75. The minimum Gasteiger partial charge on any atom is -0.507 e. The normalized spacial score (nSPS) is 29.9. The van der Waals surface area contributed by atoms with Gasteiger partial charge in [-0.2, -0.15) is 5.10 Å². The number of esters is 1. The zero-order valence-corrected chi connectivity index (χ0v) is 38.6. The lowest BCUT2D eigenvalue weighted by atomic mass is 9.78. The maximum Gasteiger partial charge on any atom is 0.312 e. The highest BCUT2D eigenvalue weighted by Crippen LogP contribution is 2.55. The van der Waals surface area contributed by atoms with Gasteiger partial charge in [0.05, 0.1) is 66.1 Å². The van der Waals surface area contributed by atoms with Gasteiger partial charge in [-0.3, -0.25) is 24.3 Å². The van der Waals surface area contributed by atoms with Gasteiger partial charge >= 0.3 is 11.8 Å². The highest BCUT2D eigenvalue weighted by molar-refractivity contribution is 6.23. The number of ketones is 1. The van der Waals surface area contributed by atoms with Crippen molar-refractivity contribution in [3.05, 3.63) is 70.4 Å². The zero-order chi connectivity index (χ0) is 48.4. The molecule has 2 aromatic carbocycles. The molecule has 1 saturated heterocycles. The summed E-state index contributed by atoms with van der Waals surface area (Å²) < 4.78 is 29.0. The summed E-state index contributed by atoms with van der Waals surface area (Å²) in [5.41, 5.74) is -0.0983. The van der Waals surface area contributed by atoms with E-state index in [1.807, 2.05) is 0 Å². The van der Waals surface area contributed by atoms with E-state index in [-0.39, 0.29) is 51.1 Å². The van der Waals surface area contributed by atoms with Crippen LogP contribution in [0.5, 0.6) is 23.0 Å². The fourth-order valence-electron chi connectivity index (χ4n) is 8.75. The molecule has 5 bridgehead atoms. The Kier molecular flexibility index (Phi) is 15.2. The van der Waals surface area contributed by atoms with E-state index in [1.54, 1.807) is 50.9 Å². The van der Waals surface area contributed by atoms with Crippen LogP contribution in [0.25, 0.3) is 10.8 Å². The second-order valence-electron chi connectivity index (χ2n) is 17.5. The predicted molar refractivity (Wildman–Crippen MR) is 241 cm³/mol. The van der Waals surface area contributed by atoms with Gasteiger partial charge in [0.25, 0.3) is 11.7 Å². The summed E-state index contributed by atoms with van der Waals surface area (Å²) in [7, 11) is 1.43. The number of methoxy groups -OCH3 is 1. The minimum absolute atomic E-state index is 0.0313. The van der Waals surface area contributed by atoms with Crippen molar-refractivity contribution in [3.63, 3.8) is 0 Å². The number of aromatic nitrogens is 1. The standard InChI is InChI=1S/C47H61N5O14/c1-23-11-10-12-24(2)46(61)49-37-32(20-48-52-16-14-51(15-17-52)21-31-19-30(22-53)50-66-31)41(58)34-35(42(37)59)40(57)28(6)44-36(34)45(60)47(8,65-44)63-18-13-33(62-9)25(3)43(64-29(7)54)27(5)39(56)26(4)38(23)55/h10-13,18-20,23,25-27,33,38-39,43,53,55-59H,14-17,21-22H2,1-9H3,(H,49,61)/b11-10+,18-13+,24-12-,48-20+/t23-,25+,26+,27+,33-,38-,39+,43+,47-/m0/s1. The highest BCUT2D eigenvalue weighted by Gasteiger charge is 2.50. The van der Waals surface area contributed by atoms with Crippen molar-refractivity contribution in [2.75, 3.05) is 38.6 Å². The number of nitrogens with one attached hydrogen (secondary N) is 1. The molecule has 0 radical (unpaired) electrons. The van der Waals surface area contributed by atoms with Crippen molar-refractivity contribution < 1.29 is 68.5 Å². The summed E-state index contributed by atoms with van der Waals surface area (Å²) >= 11 is 0. The molecule has 0 spiro atoms. The number of benzene rings is 2. The molecule has 0 unspecified atom stereocenters. The molecule has 0 aliphatic carbocycles. The van der Waals surface area contributed by atoms with E-state index in [9.17, 15) is 45.0 Å². The maximum atomic E-state index is 14.6. The maximum absolute atomic E-state index is 14.6. The molecule has 66 heavy (non-hydrogen) atoms. The summed E-state index contributed by atoms with van der Waals surface area (Å²) in [5, 5.41) is 80.4. The molecule has 358 valence electrons. The molecular formula is C47H61N5O14. The van der Waals surface area contributed by atoms with Crippen LogP contribution in [0.2, 0.25) is 0 Å². The van der Waals surface area contributed by atoms with Crippen LogP contribution in [0.1, 0.15) is 81.4 Å². The molecule has 0 saturated carbocycles. The highest BCUT2D eigenvalue weighted by atomic mass is 16.7. The van der Waals surface area contributed by atoms with E-state index in [2.05, 4.69) is 20.5 Å². The van der Waals surface area contributed by atoms with E-state index in [4.69, 9.17) is 23.5 Å². The van der Waals surface area contributed by atoms with Gasteiger partial charge in [0.1, 0.15) is 29.0 Å². The zero-order valence-electron chi connectivity index (χ0n) is 38.6. The molecule has 3 aromatic rings. The number of carbonyl (C=O) groups is 3. The van der Waals surface area contributed by atoms with Gasteiger partial charge in [0.15, 0.2) is 11.5 Å². The Morgan fingerprint density at radius 3 is 2.32 bits per heavy atom. The lowest BCUT2D eigenvalue weighted by molar-refractivity contribution is -0.160. The first kappa shape index (κ1) is 49.4. The van der Waals surface area contributed by atoms with E-state index in [1.165, 1.54) is 59.4 Å². The Balaban J connectivity index is 1.45. The van der Waals surface area contributed by atoms with Crippen molar-refractivity contribution in [2.24, 2.45) is 28.8 Å². The van der Waals surface area contributed by atoms with Crippen LogP contribution < -0.4 is 10.1 Å². The number of aliphatic hydroxyl groups is 3. The third-order valence-electron chi connectivity index (χ3n) is 12.9. The number of ether oxygens (including phenoxy) is 4. The number of aromatic hydroxyl groups is 3. The van der Waals surface area contributed by atoms with Crippen molar-refractivity contribution in [3.8, 4) is 23.0 Å². The van der Waals surface area contributed by atoms with Gasteiger partial charge in [-0.15, -0.1) is 0 Å². The Labute approximate surface area is 382 Å². The molecule has 4 aliphatic heterocycles. The van der Waals surface area contributed by atoms with Crippen molar-refractivity contribution in [2.45, 2.75) is 98.7 Å². The number of allylic oxidation sites excluding steroid dienone is 2. The molecule has 1 amide bonds. The number of rotatable bonds is 7. The van der Waals surface area contributed by atoms with Crippen LogP contribution in [0.4, 0.5) is 5.69 Å². The third kappa shape index (κ3) is 9.90. The van der Waals surface area contributed by atoms with Crippen LogP contribution in [-0.2, 0) is 37.0 Å². The van der Waals surface area contributed by atoms with Gasteiger partial charge in [-0.25, -0.2) is 0 Å². The molecule has 7 N–H and O–H groups in total. The van der Waals surface area contributed by atoms with E-state index in [0.29, 0.717) is 44.2 Å². The predicted octanol–water partition coefficient (Wildman–Crippen LogP) is 4.39. The monoisotopic (exact) mass is 919 g/mol. The number of Topliss-reactive ketones (excluding diaryl/α,β-unsaturated/α-hetero) is 1. The number of hydrazone groups is 1. The Morgan fingerprint density at radius 1 is 0.985 bits per heavy atom. The second kappa shape index (κ2) is 20.3. The van der Waals surface area contributed by atoms with Crippen LogP contribution in [-0.4, -0.2) is 133 Å². The average molecular weight is 920 g/mol. The van der Waals surface area contributed by atoms with Gasteiger partial charge in [-0.1, -0.05) is 51.1 Å². The van der Waals surface area contributed by atoms with Gasteiger partial charge in [-0.05, 0) is 19.9 Å². The first-order valence-corrected chi connectivity index (χ1v) is 21.9. The SMILES string of the molecule is CO[C@H]1/C=C/O[C@@]2(C)Oc3c(C)c(O)c4c(O)c(c(/C=N/N5CCN(Cc6cc(CO)no6)CC5)c(O)c4c3C2=O)NC(=O)/C(C)=C\C=C\[C@H](C)[C@H](O)[C@@H](C)[C@@H](O)[C@@H](C)[C@H](OC(C)=O)[C@@H]1C. The van der Waals surface area contributed by atoms with E-state index < -0.39 is 88.8 Å². The summed E-state index contributed by atoms with van der Waals surface area (Å²) in [6.07, 6.45) is 4.68. The second-order valence-corrected chi connectivity index (χ2v) is 17.5. The Hall–Kier alpha value is -5.99. The minimum atomic E-state index is -2.08. The number of phenolic OH excluding ortho intramolecular Hbond substituents is 3. The number of phenols is 3. The fraction of sp³-hybridized carbons (Fsp3) is 0.511. The number of hydrogen-bond donors (Lipinski definition) is 7. The van der Waals surface area contributed by atoms with E-state index >= 15 is 0 Å². The molecule has 1 aromatic heterocycles. The molecular weight excluding hydrogens is 859 g/mol. The molecule has 4 aliphatic rings. The lowest BCUT2D eigenvalue weighted by Gasteiger charge is -2.38. The molecule has 19 nitrogen and oxygen atoms in total. The smallest absolute Gasteiger partial charge is 0.312 e. The number of nitrogens with zero attached hydrogens (tertiary/aromatic N) is 4. The average Bonchev–Trinajstić information content (AvgIpc) is 3.86. The van der Waals surface area contributed by atoms with Crippen molar-refractivity contribution >= 4 is 40.3 Å². The Bertz CT molecular complexity index is 2440. The van der Waals surface area contributed by atoms with Gasteiger partial charge < -0.3 is 59.4 Å². The summed E-state index contributed by atoms with van der Waals surface area (Å²) in [5.74, 6) is -8.07. The lowest BCUT2D eigenvalue weighted by Crippen LogP contribution is -2.46. The quantitative estimate of drug-likeness (QED) is 0.0750. The summed E-state index contributed by atoms with van der Waals surface area (Å²) in [4.78, 5) is 42.9. The number of piperazine rings is 1. The topological polar surface area (TPSA) is 266 Å². The van der Waals surface area contributed by atoms with Crippen LogP contribution in [0.3, 0.4) is 0 Å². The number of aliphatic hydroxyl groups excluding tert-OH is 3. The first-order valence-electron chi connectivity index (χ1n) is 21.9. The molecule has 19 heteroatoms. The van der Waals surface area contributed by atoms with E-state index in [0.717, 1.165) is 0 Å². The van der Waals surface area contributed by atoms with Crippen molar-refractivity contribution in [1.29, 1.82) is 0 Å². The van der Waals surface area contributed by atoms with Crippen LogP contribution >= 0.6 is 0 Å². The summed E-state index contributed by atoms with van der Waals surface area (Å²) in [6.45, 7) is 14.6. The largest absolute Gasteiger partial charge is 0.507 e. The number of hydrogen-bond acceptors (Lipinski definition) is 18. The van der Waals surface area contributed by atoms with Crippen molar-refractivity contribution in [1.82, 2.24) is 15.1 Å².